The Labute approximate surface area is 187 Å². The molecule has 9 heteroatoms. The van der Waals surface area contributed by atoms with E-state index in [0.29, 0.717) is 16.5 Å². The number of amides is 1. The van der Waals surface area contributed by atoms with Crippen LogP contribution < -0.4 is 10.1 Å². The Balaban J connectivity index is 1.69. The summed E-state index contributed by atoms with van der Waals surface area (Å²) in [6, 6.07) is 9.08. The van der Waals surface area contributed by atoms with Gasteiger partial charge in [0.1, 0.15) is 10.6 Å². The summed E-state index contributed by atoms with van der Waals surface area (Å²) >= 11 is 14.3. The first-order valence-corrected chi connectivity index (χ1v) is 10.8. The van der Waals surface area contributed by atoms with Crippen molar-refractivity contribution in [2.24, 2.45) is 0 Å². The van der Waals surface area contributed by atoms with E-state index in [-0.39, 0.29) is 4.88 Å². The molecule has 0 aliphatic heterocycles. The first kappa shape index (κ1) is 21.1. The molecule has 28 heavy (non-hydrogen) atoms. The monoisotopic (exact) mass is 545 g/mol. The molecule has 1 aromatic heterocycles. The number of fused-ring (bicyclic) bond motifs is 1. The number of halogens is 3. The van der Waals surface area contributed by atoms with Crippen molar-refractivity contribution in [3.8, 4) is 5.75 Å². The summed E-state index contributed by atoms with van der Waals surface area (Å²) in [5.41, 5.74) is 1.60. The molecule has 1 N–H and O–H groups in total. The number of hydrogen-bond donors (Lipinski definition) is 1. The van der Waals surface area contributed by atoms with Crippen molar-refractivity contribution in [1.29, 1.82) is 0 Å². The second-order valence-electron chi connectivity index (χ2n) is 5.84. The van der Waals surface area contributed by atoms with E-state index in [2.05, 4.69) is 37.2 Å². The minimum absolute atomic E-state index is 0.246. The summed E-state index contributed by atoms with van der Waals surface area (Å²) in [5.74, 6) is -0.446. The van der Waals surface area contributed by atoms with Gasteiger partial charge in [-0.2, -0.15) is 0 Å². The largest absolute Gasteiger partial charge is 0.497 e. The van der Waals surface area contributed by atoms with E-state index in [1.807, 2.05) is 19.1 Å². The van der Waals surface area contributed by atoms with Crippen molar-refractivity contribution in [2.75, 3.05) is 19.0 Å². The molecular formula is C19H14Br2ClNO4S. The third-order valence-electron chi connectivity index (χ3n) is 3.81. The number of thiophene rings is 1. The van der Waals surface area contributed by atoms with Gasteiger partial charge in [-0.1, -0.05) is 11.6 Å². The minimum atomic E-state index is -0.651. The van der Waals surface area contributed by atoms with Gasteiger partial charge in [0, 0.05) is 19.0 Å². The van der Waals surface area contributed by atoms with Gasteiger partial charge in [-0.25, -0.2) is 4.79 Å². The number of carbonyl (C=O) groups excluding carboxylic acids is 2. The SMILES string of the molecule is COc1ccc2c(Cl)c(C(=O)OCC(=O)Nc3c(Br)cc(C)cc3Br)sc2c1. The van der Waals surface area contributed by atoms with Crippen LogP contribution in [-0.4, -0.2) is 25.6 Å². The lowest BCUT2D eigenvalue weighted by atomic mass is 10.2. The predicted molar refractivity (Wildman–Crippen MR) is 119 cm³/mol. The molecule has 5 nitrogen and oxygen atoms in total. The van der Waals surface area contributed by atoms with Crippen LogP contribution in [0.4, 0.5) is 5.69 Å². The van der Waals surface area contributed by atoms with Crippen LogP contribution in [0.2, 0.25) is 5.02 Å². The Morgan fingerprint density at radius 1 is 1.18 bits per heavy atom. The van der Waals surface area contributed by atoms with E-state index in [1.165, 1.54) is 11.3 Å². The van der Waals surface area contributed by atoms with Crippen molar-refractivity contribution < 1.29 is 19.1 Å². The summed E-state index contributed by atoms with van der Waals surface area (Å²) < 4.78 is 12.6. The molecule has 0 aliphatic rings. The van der Waals surface area contributed by atoms with E-state index in [9.17, 15) is 9.59 Å². The molecule has 0 saturated carbocycles. The van der Waals surface area contributed by atoms with E-state index in [1.54, 1.807) is 25.3 Å². The normalized spacial score (nSPS) is 10.8. The number of benzene rings is 2. The Morgan fingerprint density at radius 3 is 2.50 bits per heavy atom. The van der Waals surface area contributed by atoms with E-state index >= 15 is 0 Å². The van der Waals surface area contributed by atoms with Crippen LogP contribution in [0.5, 0.6) is 5.75 Å². The van der Waals surface area contributed by atoms with Crippen molar-refractivity contribution in [1.82, 2.24) is 0 Å². The summed E-state index contributed by atoms with van der Waals surface area (Å²) in [4.78, 5) is 24.8. The van der Waals surface area contributed by atoms with Crippen molar-refractivity contribution in [3.63, 3.8) is 0 Å². The molecule has 1 heterocycles. The number of ether oxygens (including phenoxy) is 2. The number of aryl methyl sites for hydroxylation is 1. The van der Waals surface area contributed by atoms with Gasteiger partial charge in [0.15, 0.2) is 6.61 Å². The second-order valence-corrected chi connectivity index (χ2v) is 8.97. The van der Waals surface area contributed by atoms with Gasteiger partial charge >= 0.3 is 5.97 Å². The zero-order valence-corrected chi connectivity index (χ0v) is 19.5. The molecule has 0 fully saturated rings. The number of rotatable bonds is 5. The predicted octanol–water partition coefficient (Wildman–Crippen LogP) is 6.19. The summed E-state index contributed by atoms with van der Waals surface area (Å²) in [6.45, 7) is 1.51. The molecule has 0 unspecified atom stereocenters. The first-order valence-electron chi connectivity index (χ1n) is 7.98. The van der Waals surface area contributed by atoms with Crippen molar-refractivity contribution >= 4 is 82.4 Å². The summed E-state index contributed by atoms with van der Waals surface area (Å²) in [6.07, 6.45) is 0. The minimum Gasteiger partial charge on any atom is -0.497 e. The zero-order valence-electron chi connectivity index (χ0n) is 14.8. The standard InChI is InChI=1S/C19H14Br2ClNO4S/c1-9-5-12(20)17(13(21)6-9)23-15(24)8-27-19(25)18-16(22)11-4-3-10(26-2)7-14(11)28-18/h3-7H,8H2,1-2H3,(H,23,24). The van der Waals surface area contributed by atoms with Gasteiger partial charge in [0.25, 0.3) is 5.91 Å². The highest BCUT2D eigenvalue weighted by Crippen LogP contribution is 2.37. The van der Waals surface area contributed by atoms with Crippen LogP contribution in [0.25, 0.3) is 10.1 Å². The van der Waals surface area contributed by atoms with E-state index in [4.69, 9.17) is 21.1 Å². The smallest absolute Gasteiger partial charge is 0.350 e. The van der Waals surface area contributed by atoms with Gasteiger partial charge in [-0.05, 0) is 74.7 Å². The number of esters is 1. The topological polar surface area (TPSA) is 64.6 Å². The third kappa shape index (κ3) is 4.51. The number of carbonyl (C=O) groups is 2. The van der Waals surface area contributed by atoms with Gasteiger partial charge in [0.05, 0.1) is 17.8 Å². The highest BCUT2D eigenvalue weighted by Gasteiger charge is 2.20. The molecule has 0 bridgehead atoms. The number of anilines is 1. The Kier molecular flexibility index (Phi) is 6.65. The van der Waals surface area contributed by atoms with Gasteiger partial charge in [-0.15, -0.1) is 11.3 Å². The molecule has 2 aromatic carbocycles. The molecule has 0 radical (unpaired) electrons. The quantitative estimate of drug-likeness (QED) is 0.387. The maximum Gasteiger partial charge on any atom is 0.350 e. The molecule has 0 spiro atoms. The van der Waals surface area contributed by atoms with Gasteiger partial charge < -0.3 is 14.8 Å². The molecule has 3 rings (SSSR count). The van der Waals surface area contributed by atoms with Crippen LogP contribution in [-0.2, 0) is 9.53 Å². The van der Waals surface area contributed by atoms with Crippen LogP contribution in [0.3, 0.4) is 0 Å². The Hall–Kier alpha value is -1.61. The zero-order chi connectivity index (χ0) is 20.4. The molecule has 3 aromatic rings. The first-order chi connectivity index (χ1) is 13.3. The molecular weight excluding hydrogens is 534 g/mol. The highest BCUT2D eigenvalue weighted by molar-refractivity contribution is 9.11. The molecule has 0 saturated heterocycles. The lowest BCUT2D eigenvalue weighted by Gasteiger charge is -2.11. The molecule has 146 valence electrons. The number of nitrogens with one attached hydrogen (secondary N) is 1. The maximum absolute atomic E-state index is 12.4. The molecule has 0 atom stereocenters. The average molecular weight is 548 g/mol. The van der Waals surface area contributed by atoms with Gasteiger partial charge in [0.2, 0.25) is 0 Å². The fourth-order valence-electron chi connectivity index (χ4n) is 2.50. The van der Waals surface area contributed by atoms with Crippen LogP contribution in [0, 0.1) is 6.92 Å². The van der Waals surface area contributed by atoms with E-state index in [0.717, 1.165) is 24.6 Å². The molecule has 0 aliphatic carbocycles. The third-order valence-corrected chi connectivity index (χ3v) is 6.70. The van der Waals surface area contributed by atoms with Gasteiger partial charge in [-0.3, -0.25) is 4.79 Å². The molecule has 1 amide bonds. The van der Waals surface area contributed by atoms with Crippen molar-refractivity contribution in [2.45, 2.75) is 6.92 Å². The Bertz CT molecular complexity index is 1060. The highest BCUT2D eigenvalue weighted by atomic mass is 79.9. The lowest BCUT2D eigenvalue weighted by Crippen LogP contribution is -2.21. The fraction of sp³-hybridized carbons (Fsp3) is 0.158. The lowest BCUT2D eigenvalue weighted by molar-refractivity contribution is -0.119. The van der Waals surface area contributed by atoms with Crippen LogP contribution >= 0.6 is 54.8 Å². The van der Waals surface area contributed by atoms with Crippen molar-refractivity contribution in [3.05, 3.63) is 54.7 Å². The van der Waals surface area contributed by atoms with E-state index < -0.39 is 18.5 Å². The number of methoxy groups -OCH3 is 1. The Morgan fingerprint density at radius 2 is 1.86 bits per heavy atom. The second kappa shape index (κ2) is 8.82. The summed E-state index contributed by atoms with van der Waals surface area (Å²) in [5, 5.41) is 3.75. The summed E-state index contributed by atoms with van der Waals surface area (Å²) in [7, 11) is 1.56. The maximum atomic E-state index is 12.4. The average Bonchev–Trinajstić information content (AvgIpc) is 2.98. The van der Waals surface area contributed by atoms with Crippen LogP contribution in [0.1, 0.15) is 15.2 Å². The number of hydrogen-bond acceptors (Lipinski definition) is 5. The van der Waals surface area contributed by atoms with Crippen LogP contribution in [0.15, 0.2) is 39.3 Å². The fourth-order valence-corrected chi connectivity index (χ4v) is 5.54.